The number of aliphatic imine (C=N–C) groups is 1. The summed E-state index contributed by atoms with van der Waals surface area (Å²) in [6, 6.07) is -0.0223. The molecule has 0 aromatic carbocycles. The van der Waals surface area contributed by atoms with Crippen molar-refractivity contribution in [2.45, 2.75) is 78.5 Å². The largest absolute Gasteiger partial charge is 0.444 e. The van der Waals surface area contributed by atoms with Crippen LogP contribution in [0.5, 0.6) is 0 Å². The van der Waals surface area contributed by atoms with E-state index in [0.717, 1.165) is 51.6 Å². The summed E-state index contributed by atoms with van der Waals surface area (Å²) in [5.74, 6) is 0.765. The van der Waals surface area contributed by atoms with Gasteiger partial charge in [-0.05, 0) is 48.0 Å². The molecular formula is C21H43N5O3. The molecule has 29 heavy (non-hydrogen) atoms. The van der Waals surface area contributed by atoms with Gasteiger partial charge in [0.2, 0.25) is 0 Å². The lowest BCUT2D eigenvalue weighted by Gasteiger charge is -2.40. The second-order valence-electron chi connectivity index (χ2n) is 9.12. The Labute approximate surface area is 177 Å². The molecule has 0 aromatic heterocycles. The minimum Gasteiger partial charge on any atom is -0.444 e. The maximum absolute atomic E-state index is 12.1. The Morgan fingerprint density at radius 2 is 1.79 bits per heavy atom. The first kappa shape index (κ1) is 25.5. The van der Waals surface area contributed by atoms with E-state index in [4.69, 9.17) is 14.5 Å². The molecule has 0 radical (unpaired) electrons. The summed E-state index contributed by atoms with van der Waals surface area (Å²) in [5, 5.41) is 9.64. The summed E-state index contributed by atoms with van der Waals surface area (Å²) in [7, 11) is 0. The van der Waals surface area contributed by atoms with Gasteiger partial charge >= 0.3 is 6.09 Å². The second kappa shape index (κ2) is 12.2. The molecule has 0 spiro atoms. The molecule has 0 bridgehead atoms. The maximum Gasteiger partial charge on any atom is 0.407 e. The molecule has 170 valence electrons. The second-order valence-corrected chi connectivity index (χ2v) is 9.12. The zero-order chi connectivity index (χ0) is 21.9. The first-order valence-electron chi connectivity index (χ1n) is 10.9. The van der Waals surface area contributed by atoms with Crippen LogP contribution in [0.3, 0.4) is 0 Å². The number of nitrogens with one attached hydrogen (secondary N) is 3. The van der Waals surface area contributed by atoms with Gasteiger partial charge in [-0.1, -0.05) is 13.3 Å². The van der Waals surface area contributed by atoms with Crippen LogP contribution >= 0.6 is 0 Å². The van der Waals surface area contributed by atoms with Crippen LogP contribution in [-0.4, -0.2) is 80.1 Å². The number of morpholine rings is 1. The smallest absolute Gasteiger partial charge is 0.407 e. The van der Waals surface area contributed by atoms with Crippen molar-refractivity contribution in [2.75, 3.05) is 45.9 Å². The van der Waals surface area contributed by atoms with E-state index in [1.807, 2.05) is 27.7 Å². The first-order valence-corrected chi connectivity index (χ1v) is 10.9. The zero-order valence-corrected chi connectivity index (χ0v) is 19.6. The molecular weight excluding hydrogens is 370 g/mol. The van der Waals surface area contributed by atoms with E-state index in [2.05, 4.69) is 41.6 Å². The molecule has 0 aliphatic carbocycles. The third-order valence-corrected chi connectivity index (χ3v) is 4.71. The van der Waals surface area contributed by atoms with E-state index < -0.39 is 5.60 Å². The molecule has 1 aliphatic rings. The molecule has 1 saturated heterocycles. The van der Waals surface area contributed by atoms with Gasteiger partial charge in [0, 0.05) is 37.8 Å². The maximum atomic E-state index is 12.1. The quantitative estimate of drug-likeness (QED) is 0.397. The number of amides is 1. The van der Waals surface area contributed by atoms with E-state index in [1.54, 1.807) is 0 Å². The fourth-order valence-corrected chi connectivity index (χ4v) is 3.15. The van der Waals surface area contributed by atoms with Crippen molar-refractivity contribution < 1.29 is 14.3 Å². The highest BCUT2D eigenvalue weighted by molar-refractivity contribution is 5.80. The van der Waals surface area contributed by atoms with Crippen LogP contribution in [-0.2, 0) is 9.47 Å². The minimum atomic E-state index is -0.504. The third-order valence-electron chi connectivity index (χ3n) is 4.71. The summed E-state index contributed by atoms with van der Waals surface area (Å²) in [6.07, 6.45) is 1.46. The molecule has 1 heterocycles. The lowest BCUT2D eigenvalue weighted by Crippen LogP contribution is -2.52. The van der Waals surface area contributed by atoms with E-state index in [1.165, 1.54) is 0 Å². The topological polar surface area (TPSA) is 87.2 Å². The third kappa shape index (κ3) is 10.7. The molecule has 8 heteroatoms. The van der Waals surface area contributed by atoms with Gasteiger partial charge in [-0.25, -0.2) is 4.79 Å². The summed E-state index contributed by atoms with van der Waals surface area (Å²) >= 11 is 0. The van der Waals surface area contributed by atoms with Crippen LogP contribution in [0.25, 0.3) is 0 Å². The standard InChI is InChI=1S/C21H43N5O3/c1-8-10-17(25-19(27)29-20(3,4)5)15-23-18(22-9-2)24-16-21(6,7)26-11-13-28-14-12-26/h17H,8-16H2,1-7H3,(H,25,27)(H2,22,23,24). The lowest BCUT2D eigenvalue weighted by molar-refractivity contribution is -0.00683. The van der Waals surface area contributed by atoms with Gasteiger partial charge in [0.05, 0.1) is 19.8 Å². The van der Waals surface area contributed by atoms with Gasteiger partial charge in [-0.3, -0.25) is 9.89 Å². The molecule has 1 rings (SSSR count). The first-order chi connectivity index (χ1) is 13.6. The molecule has 1 aliphatic heterocycles. The van der Waals surface area contributed by atoms with Crippen molar-refractivity contribution in [3.63, 3.8) is 0 Å². The Morgan fingerprint density at radius 1 is 1.14 bits per heavy atom. The van der Waals surface area contributed by atoms with Crippen LogP contribution in [0, 0.1) is 0 Å². The Balaban J connectivity index is 2.64. The van der Waals surface area contributed by atoms with Crippen molar-refractivity contribution in [3.8, 4) is 0 Å². The molecule has 1 amide bonds. The lowest BCUT2D eigenvalue weighted by atomic mass is 10.0. The highest BCUT2D eigenvalue weighted by Crippen LogP contribution is 2.16. The van der Waals surface area contributed by atoms with E-state index in [9.17, 15) is 4.79 Å². The van der Waals surface area contributed by atoms with Gasteiger partial charge in [0.25, 0.3) is 0 Å². The Bertz CT molecular complexity index is 511. The van der Waals surface area contributed by atoms with Crippen LogP contribution in [0.2, 0.25) is 0 Å². The van der Waals surface area contributed by atoms with Gasteiger partial charge < -0.3 is 25.4 Å². The number of nitrogens with zero attached hydrogens (tertiary/aromatic N) is 2. The SMILES string of the molecule is CCCC(CNC(=NCC(C)(C)N1CCOCC1)NCC)NC(=O)OC(C)(C)C. The Hall–Kier alpha value is -1.54. The summed E-state index contributed by atoms with van der Waals surface area (Å²) in [5.41, 5.74) is -0.542. The van der Waals surface area contributed by atoms with Crippen LogP contribution in [0.15, 0.2) is 4.99 Å². The summed E-state index contributed by atoms with van der Waals surface area (Å²) in [6.45, 7) is 19.7. The Morgan fingerprint density at radius 3 is 2.34 bits per heavy atom. The molecule has 1 fully saturated rings. The fraction of sp³-hybridized carbons (Fsp3) is 0.905. The molecule has 0 aromatic rings. The van der Waals surface area contributed by atoms with Gasteiger partial charge in [-0.2, -0.15) is 0 Å². The van der Waals surface area contributed by atoms with E-state index in [0.29, 0.717) is 13.1 Å². The molecule has 1 atom stereocenters. The summed E-state index contributed by atoms with van der Waals surface area (Å²) in [4.78, 5) is 19.3. The number of rotatable bonds is 9. The van der Waals surface area contributed by atoms with Crippen LogP contribution in [0.4, 0.5) is 4.79 Å². The predicted molar refractivity (Wildman–Crippen MR) is 119 cm³/mol. The van der Waals surface area contributed by atoms with Crippen molar-refractivity contribution in [1.29, 1.82) is 0 Å². The molecule has 1 unspecified atom stereocenters. The van der Waals surface area contributed by atoms with Crippen molar-refractivity contribution in [2.24, 2.45) is 4.99 Å². The number of carbonyl (C=O) groups is 1. The number of ether oxygens (including phenoxy) is 2. The van der Waals surface area contributed by atoms with Crippen LogP contribution < -0.4 is 16.0 Å². The highest BCUT2D eigenvalue weighted by atomic mass is 16.6. The van der Waals surface area contributed by atoms with Gasteiger partial charge in [0.15, 0.2) is 5.96 Å². The number of hydrogen-bond acceptors (Lipinski definition) is 5. The average molecular weight is 414 g/mol. The molecule has 3 N–H and O–H groups in total. The van der Waals surface area contributed by atoms with Crippen molar-refractivity contribution in [3.05, 3.63) is 0 Å². The van der Waals surface area contributed by atoms with Crippen molar-refractivity contribution >= 4 is 12.1 Å². The number of guanidine groups is 1. The number of hydrogen-bond donors (Lipinski definition) is 3. The van der Waals surface area contributed by atoms with E-state index in [-0.39, 0.29) is 17.7 Å². The fourth-order valence-electron chi connectivity index (χ4n) is 3.15. The number of alkyl carbamates (subject to hydrolysis) is 1. The van der Waals surface area contributed by atoms with Gasteiger partial charge in [0.1, 0.15) is 5.60 Å². The highest BCUT2D eigenvalue weighted by Gasteiger charge is 2.28. The summed E-state index contributed by atoms with van der Waals surface area (Å²) < 4.78 is 10.9. The predicted octanol–water partition coefficient (Wildman–Crippen LogP) is 2.35. The molecule has 8 nitrogen and oxygen atoms in total. The minimum absolute atomic E-state index is 0.0223. The van der Waals surface area contributed by atoms with Crippen molar-refractivity contribution in [1.82, 2.24) is 20.9 Å². The van der Waals surface area contributed by atoms with Crippen LogP contribution in [0.1, 0.15) is 61.3 Å². The Kier molecular flexibility index (Phi) is 10.7. The van der Waals surface area contributed by atoms with Gasteiger partial charge in [-0.15, -0.1) is 0 Å². The molecule has 0 saturated carbocycles. The normalized spacial score (nSPS) is 17.6. The monoisotopic (exact) mass is 413 g/mol. The average Bonchev–Trinajstić information content (AvgIpc) is 2.63. The van der Waals surface area contributed by atoms with E-state index >= 15 is 0 Å². The number of carbonyl (C=O) groups excluding carboxylic acids is 1. The zero-order valence-electron chi connectivity index (χ0n) is 19.6.